The van der Waals surface area contributed by atoms with E-state index in [1.54, 1.807) is 25.1 Å². The number of halogens is 5. The van der Waals surface area contributed by atoms with Crippen LogP contribution in [-0.4, -0.2) is 84.8 Å². The van der Waals surface area contributed by atoms with Crippen LogP contribution in [0.25, 0.3) is 11.1 Å². The highest BCUT2D eigenvalue weighted by molar-refractivity contribution is 6.31. The number of alkyl halides is 4. The molecule has 0 amide bonds. The monoisotopic (exact) mass is 665 g/mol. The van der Waals surface area contributed by atoms with Crippen LogP contribution in [0, 0.1) is 0 Å². The summed E-state index contributed by atoms with van der Waals surface area (Å²) in [6.07, 6.45) is -2.87. The van der Waals surface area contributed by atoms with Crippen molar-refractivity contribution in [2.24, 2.45) is 0 Å². The second-order valence-electron chi connectivity index (χ2n) is 12.7. The fourth-order valence-corrected chi connectivity index (χ4v) is 6.11. The van der Waals surface area contributed by atoms with E-state index in [9.17, 15) is 13.6 Å². The standard InChI is InChI=1S/C33H40ClF4N5O3/c1-5-45-31(44)27-18-39-43(29(27)30(35)36)25-17-33(37,38)20-42(19-25)28-16-23(34)8-11-26(28)22-6-9-24(10-7-22)41-14-12-40(13-15-41)21-46-32(2,3)4/h6-11,16,18,25,30H,5,12-15,17,19-21H2,1-4H3. The Morgan fingerprint density at radius 1 is 1.07 bits per heavy atom. The Morgan fingerprint density at radius 2 is 1.76 bits per heavy atom. The lowest BCUT2D eigenvalue weighted by atomic mass is 9.97. The Hall–Kier alpha value is -3.35. The van der Waals surface area contributed by atoms with Crippen molar-refractivity contribution >= 4 is 28.9 Å². The summed E-state index contributed by atoms with van der Waals surface area (Å²) in [6.45, 7) is 11.0. The highest BCUT2D eigenvalue weighted by Crippen LogP contribution is 2.42. The van der Waals surface area contributed by atoms with Crippen molar-refractivity contribution < 1.29 is 31.8 Å². The zero-order chi connectivity index (χ0) is 33.2. The number of aromatic nitrogens is 2. The first kappa shape index (κ1) is 34.0. The van der Waals surface area contributed by atoms with E-state index in [0.717, 1.165) is 48.3 Å². The van der Waals surface area contributed by atoms with Gasteiger partial charge in [-0.15, -0.1) is 0 Å². The molecule has 2 aliphatic rings. The third kappa shape index (κ3) is 7.95. The predicted octanol–water partition coefficient (Wildman–Crippen LogP) is 7.30. The summed E-state index contributed by atoms with van der Waals surface area (Å²) in [5.74, 6) is -4.21. The first-order chi connectivity index (χ1) is 21.7. The van der Waals surface area contributed by atoms with E-state index in [1.165, 1.54) is 4.90 Å². The zero-order valence-electron chi connectivity index (χ0n) is 26.5. The van der Waals surface area contributed by atoms with Crippen LogP contribution in [0.1, 0.15) is 62.6 Å². The molecule has 8 nitrogen and oxygen atoms in total. The first-order valence-electron chi connectivity index (χ1n) is 15.4. The number of rotatable bonds is 9. The van der Waals surface area contributed by atoms with Gasteiger partial charge >= 0.3 is 5.97 Å². The summed E-state index contributed by atoms with van der Waals surface area (Å²) in [5.41, 5.74) is 1.63. The molecule has 46 heavy (non-hydrogen) atoms. The van der Waals surface area contributed by atoms with Gasteiger partial charge in [0.15, 0.2) is 0 Å². The van der Waals surface area contributed by atoms with Crippen molar-refractivity contribution in [1.82, 2.24) is 14.7 Å². The molecule has 0 saturated carbocycles. The third-order valence-electron chi connectivity index (χ3n) is 8.17. The quantitative estimate of drug-likeness (QED) is 0.176. The van der Waals surface area contributed by atoms with E-state index in [0.29, 0.717) is 23.0 Å². The Bertz CT molecular complexity index is 1500. The molecule has 2 aromatic carbocycles. The number of nitrogens with zero attached hydrogens (tertiary/aromatic N) is 5. The minimum absolute atomic E-state index is 0.0236. The summed E-state index contributed by atoms with van der Waals surface area (Å²) in [4.78, 5) is 18.4. The van der Waals surface area contributed by atoms with E-state index in [4.69, 9.17) is 21.1 Å². The van der Waals surface area contributed by atoms with Gasteiger partial charge in [0, 0.05) is 61.1 Å². The molecule has 13 heteroatoms. The Morgan fingerprint density at radius 3 is 2.39 bits per heavy atom. The molecule has 250 valence electrons. The molecule has 0 spiro atoms. The number of benzene rings is 2. The number of hydrogen-bond donors (Lipinski definition) is 0. The second-order valence-corrected chi connectivity index (χ2v) is 13.1. The van der Waals surface area contributed by atoms with Crippen molar-refractivity contribution in [3.63, 3.8) is 0 Å². The molecular weight excluding hydrogens is 626 g/mol. The largest absolute Gasteiger partial charge is 0.462 e. The van der Waals surface area contributed by atoms with Crippen molar-refractivity contribution in [1.29, 1.82) is 0 Å². The minimum atomic E-state index is -3.23. The van der Waals surface area contributed by atoms with Gasteiger partial charge in [-0.05, 0) is 57.5 Å². The van der Waals surface area contributed by atoms with Crippen LogP contribution < -0.4 is 9.80 Å². The number of hydrogen-bond acceptors (Lipinski definition) is 7. The first-order valence-corrected chi connectivity index (χ1v) is 15.8. The maximum Gasteiger partial charge on any atom is 0.341 e. The molecule has 0 aliphatic carbocycles. The normalized spacial score (nSPS) is 19.1. The Kier molecular flexibility index (Phi) is 10.2. The Labute approximate surface area is 271 Å². The fraction of sp³-hybridized carbons (Fsp3) is 0.515. The van der Waals surface area contributed by atoms with Crippen LogP contribution in [0.15, 0.2) is 48.7 Å². The summed E-state index contributed by atoms with van der Waals surface area (Å²) in [7, 11) is 0. The highest BCUT2D eigenvalue weighted by atomic mass is 35.5. The van der Waals surface area contributed by atoms with Crippen LogP contribution in [0.3, 0.4) is 0 Å². The van der Waals surface area contributed by atoms with Crippen LogP contribution in [0.2, 0.25) is 5.02 Å². The number of carbonyl (C=O) groups excluding carboxylic acids is 1. The zero-order valence-corrected chi connectivity index (χ0v) is 27.2. The van der Waals surface area contributed by atoms with Crippen LogP contribution >= 0.6 is 11.6 Å². The molecule has 1 aromatic heterocycles. The lowest BCUT2D eigenvalue weighted by Gasteiger charge is -2.40. The molecule has 0 N–H and O–H groups in total. The minimum Gasteiger partial charge on any atom is -0.462 e. The highest BCUT2D eigenvalue weighted by Gasteiger charge is 2.44. The number of anilines is 2. The molecule has 2 aliphatic heterocycles. The van der Waals surface area contributed by atoms with E-state index >= 15 is 8.78 Å². The third-order valence-corrected chi connectivity index (χ3v) is 8.40. The molecule has 1 unspecified atom stereocenters. The van der Waals surface area contributed by atoms with Crippen LogP contribution in [0.5, 0.6) is 0 Å². The summed E-state index contributed by atoms with van der Waals surface area (Å²) >= 11 is 6.37. The summed E-state index contributed by atoms with van der Waals surface area (Å²) in [6, 6.07) is 11.9. The van der Waals surface area contributed by atoms with Gasteiger partial charge in [-0.2, -0.15) is 5.10 Å². The fourth-order valence-electron chi connectivity index (χ4n) is 5.95. The SMILES string of the molecule is CCOC(=O)c1cnn(C2CN(c3cc(Cl)ccc3-c3ccc(N4CCN(COC(C)(C)C)CC4)cc3)CC(F)(F)C2)c1C(F)F. The maximum absolute atomic E-state index is 15.3. The number of carbonyl (C=O) groups is 1. The lowest BCUT2D eigenvalue weighted by molar-refractivity contribution is -0.0644. The second kappa shape index (κ2) is 13.8. The summed E-state index contributed by atoms with van der Waals surface area (Å²) < 4.78 is 70.7. The predicted molar refractivity (Wildman–Crippen MR) is 170 cm³/mol. The van der Waals surface area contributed by atoms with E-state index in [-0.39, 0.29) is 18.8 Å². The molecule has 2 saturated heterocycles. The van der Waals surface area contributed by atoms with Gasteiger partial charge in [0.1, 0.15) is 11.3 Å². The van der Waals surface area contributed by atoms with E-state index < -0.39 is 48.6 Å². The smallest absolute Gasteiger partial charge is 0.341 e. The average Bonchev–Trinajstić information content (AvgIpc) is 3.46. The van der Waals surface area contributed by atoms with Gasteiger partial charge in [-0.25, -0.2) is 22.4 Å². The van der Waals surface area contributed by atoms with Gasteiger partial charge in [0.25, 0.3) is 12.3 Å². The van der Waals surface area contributed by atoms with E-state index in [1.807, 2.05) is 45.0 Å². The molecule has 3 aromatic rings. The molecule has 0 bridgehead atoms. The molecule has 5 rings (SSSR count). The van der Waals surface area contributed by atoms with Crippen molar-refractivity contribution in [3.05, 3.63) is 64.9 Å². The number of ether oxygens (including phenoxy) is 2. The molecule has 3 heterocycles. The molecule has 2 fully saturated rings. The molecule has 1 atom stereocenters. The van der Waals surface area contributed by atoms with Gasteiger partial charge in [0.05, 0.1) is 37.7 Å². The van der Waals surface area contributed by atoms with Crippen molar-refractivity contribution in [2.75, 3.05) is 62.4 Å². The van der Waals surface area contributed by atoms with Gasteiger partial charge < -0.3 is 19.3 Å². The summed E-state index contributed by atoms with van der Waals surface area (Å²) in [5, 5.41) is 4.32. The van der Waals surface area contributed by atoms with Gasteiger partial charge in [0.2, 0.25) is 0 Å². The molecule has 0 radical (unpaired) electrons. The van der Waals surface area contributed by atoms with Crippen LogP contribution in [-0.2, 0) is 9.47 Å². The number of esters is 1. The van der Waals surface area contributed by atoms with Gasteiger partial charge in [-0.1, -0.05) is 29.8 Å². The Balaban J connectivity index is 1.37. The van der Waals surface area contributed by atoms with Crippen molar-refractivity contribution in [2.45, 2.75) is 58.1 Å². The number of piperazine rings is 1. The van der Waals surface area contributed by atoms with Crippen LogP contribution in [0.4, 0.5) is 28.9 Å². The molecular formula is C33H40ClF4N5O3. The number of piperidine rings is 1. The van der Waals surface area contributed by atoms with E-state index in [2.05, 4.69) is 14.9 Å². The maximum atomic E-state index is 15.3. The average molecular weight is 666 g/mol. The van der Waals surface area contributed by atoms with Gasteiger partial charge in [-0.3, -0.25) is 9.58 Å². The van der Waals surface area contributed by atoms with Crippen molar-refractivity contribution in [3.8, 4) is 11.1 Å². The topological polar surface area (TPSA) is 63.1 Å². The lowest BCUT2D eigenvalue weighted by Crippen LogP contribution is -2.48.